The minimum absolute atomic E-state index is 0.0122. The summed E-state index contributed by atoms with van der Waals surface area (Å²) in [6.07, 6.45) is 2.87. The number of hydrogen-bond acceptors (Lipinski definition) is 5. The first-order chi connectivity index (χ1) is 12.5. The molecule has 4 rings (SSSR count). The predicted octanol–water partition coefficient (Wildman–Crippen LogP) is 2.61. The average molecular weight is 369 g/mol. The summed E-state index contributed by atoms with van der Waals surface area (Å²) in [6.45, 7) is 1.51. The first-order valence-electron chi connectivity index (χ1n) is 8.71. The van der Waals surface area contributed by atoms with Gasteiger partial charge in [-0.3, -0.25) is 19.0 Å². The second-order valence-corrected chi connectivity index (χ2v) is 7.69. The molecule has 1 N–H and O–H groups in total. The van der Waals surface area contributed by atoms with Crippen LogP contribution >= 0.6 is 11.8 Å². The Labute approximate surface area is 155 Å². The SMILES string of the molecule is CC(=O)c1ccc(NC(=O)CC2CSc3nc4c(c(=O)n32)CCC4)cc1. The minimum atomic E-state index is -0.169. The van der Waals surface area contributed by atoms with Gasteiger partial charge in [-0.1, -0.05) is 11.8 Å². The summed E-state index contributed by atoms with van der Waals surface area (Å²) < 4.78 is 1.70. The lowest BCUT2D eigenvalue weighted by molar-refractivity contribution is -0.116. The van der Waals surface area contributed by atoms with Gasteiger partial charge in [0.25, 0.3) is 5.56 Å². The van der Waals surface area contributed by atoms with Crippen LogP contribution in [0.2, 0.25) is 0 Å². The Balaban J connectivity index is 1.49. The third-order valence-electron chi connectivity index (χ3n) is 4.87. The molecule has 1 aromatic heterocycles. The summed E-state index contributed by atoms with van der Waals surface area (Å²) >= 11 is 1.54. The highest BCUT2D eigenvalue weighted by Crippen LogP contribution is 2.34. The minimum Gasteiger partial charge on any atom is -0.326 e. The van der Waals surface area contributed by atoms with Gasteiger partial charge in [0.15, 0.2) is 10.9 Å². The summed E-state index contributed by atoms with van der Waals surface area (Å²) in [5, 5.41) is 3.58. The van der Waals surface area contributed by atoms with Gasteiger partial charge in [-0.15, -0.1) is 0 Å². The van der Waals surface area contributed by atoms with Gasteiger partial charge in [0.05, 0.1) is 11.7 Å². The summed E-state index contributed by atoms with van der Waals surface area (Å²) in [6, 6.07) is 6.64. The number of aryl methyl sites for hydroxylation is 1. The third-order valence-corrected chi connectivity index (χ3v) is 5.97. The highest BCUT2D eigenvalue weighted by molar-refractivity contribution is 7.99. The lowest BCUT2D eigenvalue weighted by Crippen LogP contribution is -2.30. The lowest BCUT2D eigenvalue weighted by Gasteiger charge is -2.14. The van der Waals surface area contributed by atoms with Crippen molar-refractivity contribution in [2.75, 3.05) is 11.1 Å². The van der Waals surface area contributed by atoms with Crippen LogP contribution in [0.25, 0.3) is 0 Å². The smallest absolute Gasteiger partial charge is 0.257 e. The van der Waals surface area contributed by atoms with Crippen molar-refractivity contribution < 1.29 is 9.59 Å². The number of anilines is 1. The number of benzene rings is 1. The summed E-state index contributed by atoms with van der Waals surface area (Å²) in [4.78, 5) is 41.1. The molecule has 26 heavy (non-hydrogen) atoms. The molecular weight excluding hydrogens is 350 g/mol. The molecule has 7 heteroatoms. The fourth-order valence-electron chi connectivity index (χ4n) is 3.52. The van der Waals surface area contributed by atoms with E-state index in [1.54, 1.807) is 40.6 Å². The number of nitrogens with one attached hydrogen (secondary N) is 1. The van der Waals surface area contributed by atoms with Gasteiger partial charge < -0.3 is 5.32 Å². The zero-order chi connectivity index (χ0) is 18.3. The number of carbonyl (C=O) groups excluding carboxylic acids is 2. The molecule has 2 aromatic rings. The Morgan fingerprint density at radius 1 is 1.27 bits per heavy atom. The Bertz CT molecular complexity index is 950. The molecule has 134 valence electrons. The van der Waals surface area contributed by atoms with Crippen LogP contribution in [0.4, 0.5) is 5.69 Å². The van der Waals surface area contributed by atoms with Gasteiger partial charge in [-0.2, -0.15) is 0 Å². The van der Waals surface area contributed by atoms with Gasteiger partial charge in [-0.25, -0.2) is 4.98 Å². The second-order valence-electron chi connectivity index (χ2n) is 6.70. The molecule has 0 saturated carbocycles. The molecule has 2 heterocycles. The maximum atomic E-state index is 12.8. The first kappa shape index (κ1) is 17.0. The average Bonchev–Trinajstić information content (AvgIpc) is 3.23. The monoisotopic (exact) mass is 369 g/mol. The molecule has 1 aliphatic heterocycles. The molecule has 2 aliphatic rings. The normalized spacial score (nSPS) is 17.7. The molecule has 0 bridgehead atoms. The molecule has 1 amide bonds. The molecule has 6 nitrogen and oxygen atoms in total. The fraction of sp³-hybridized carbons (Fsp3) is 0.368. The molecule has 1 aliphatic carbocycles. The Kier molecular flexibility index (Phi) is 4.40. The molecule has 0 radical (unpaired) electrons. The molecular formula is C19H19N3O3S. The largest absolute Gasteiger partial charge is 0.326 e. The zero-order valence-electron chi connectivity index (χ0n) is 14.4. The first-order valence-corrected chi connectivity index (χ1v) is 9.69. The van der Waals surface area contributed by atoms with E-state index in [1.807, 2.05) is 0 Å². The topological polar surface area (TPSA) is 81.1 Å². The quantitative estimate of drug-likeness (QED) is 0.662. The van der Waals surface area contributed by atoms with Crippen molar-refractivity contribution in [3.63, 3.8) is 0 Å². The van der Waals surface area contributed by atoms with E-state index in [0.29, 0.717) is 17.0 Å². The van der Waals surface area contributed by atoms with Gasteiger partial charge in [0, 0.05) is 29.0 Å². The molecule has 1 atom stereocenters. The van der Waals surface area contributed by atoms with E-state index in [-0.39, 0.29) is 29.7 Å². The number of ketones is 1. The van der Waals surface area contributed by atoms with E-state index in [9.17, 15) is 14.4 Å². The second kappa shape index (κ2) is 6.72. The number of nitrogens with zero attached hydrogens (tertiary/aromatic N) is 2. The van der Waals surface area contributed by atoms with Crippen molar-refractivity contribution in [3.05, 3.63) is 51.4 Å². The molecule has 0 fully saturated rings. The van der Waals surface area contributed by atoms with Crippen LogP contribution in [-0.4, -0.2) is 27.0 Å². The highest BCUT2D eigenvalue weighted by atomic mass is 32.2. The van der Waals surface area contributed by atoms with Crippen LogP contribution in [0.1, 0.15) is 47.4 Å². The van der Waals surface area contributed by atoms with Crippen molar-refractivity contribution in [2.45, 2.75) is 43.8 Å². The van der Waals surface area contributed by atoms with E-state index in [0.717, 1.165) is 35.7 Å². The van der Waals surface area contributed by atoms with Gasteiger partial charge in [0.1, 0.15) is 0 Å². The lowest BCUT2D eigenvalue weighted by atomic mass is 10.1. The number of amides is 1. The number of carbonyl (C=O) groups is 2. The summed E-state index contributed by atoms with van der Waals surface area (Å²) in [7, 11) is 0. The van der Waals surface area contributed by atoms with Crippen molar-refractivity contribution in [1.29, 1.82) is 0 Å². The molecule has 1 unspecified atom stereocenters. The van der Waals surface area contributed by atoms with Crippen LogP contribution in [0.3, 0.4) is 0 Å². The van der Waals surface area contributed by atoms with Gasteiger partial charge in [-0.05, 0) is 50.5 Å². The Morgan fingerprint density at radius 2 is 2.04 bits per heavy atom. The number of fused-ring (bicyclic) bond motifs is 2. The molecule has 0 spiro atoms. The maximum Gasteiger partial charge on any atom is 0.257 e. The number of rotatable bonds is 4. The number of hydrogen-bond donors (Lipinski definition) is 1. The van der Waals surface area contributed by atoms with E-state index in [2.05, 4.69) is 10.3 Å². The summed E-state index contributed by atoms with van der Waals surface area (Å²) in [5.41, 5.74) is 3.03. The fourth-order valence-corrected chi connectivity index (χ4v) is 4.67. The van der Waals surface area contributed by atoms with Crippen molar-refractivity contribution >= 4 is 29.1 Å². The maximum absolute atomic E-state index is 12.8. The van der Waals surface area contributed by atoms with Crippen LogP contribution < -0.4 is 10.9 Å². The summed E-state index contributed by atoms with van der Waals surface area (Å²) in [5.74, 6) is 0.523. The van der Waals surface area contributed by atoms with Crippen LogP contribution in [0.5, 0.6) is 0 Å². The molecule has 1 aromatic carbocycles. The molecule has 0 saturated heterocycles. The highest BCUT2D eigenvalue weighted by Gasteiger charge is 2.31. The number of aromatic nitrogens is 2. The van der Waals surface area contributed by atoms with E-state index >= 15 is 0 Å². The Morgan fingerprint density at radius 3 is 2.77 bits per heavy atom. The third kappa shape index (κ3) is 3.07. The van der Waals surface area contributed by atoms with Crippen molar-refractivity contribution in [3.8, 4) is 0 Å². The number of Topliss-reactive ketones (excluding diaryl/α,β-unsaturated/α-hetero) is 1. The zero-order valence-corrected chi connectivity index (χ0v) is 15.3. The standard InChI is InChI=1S/C19H19N3O3S/c1-11(23)12-5-7-13(8-6-12)20-17(24)9-14-10-26-19-21-16-4-2-3-15(16)18(25)22(14)19/h5-8,14H,2-4,9-10H2,1H3,(H,20,24). The Hall–Kier alpha value is -2.41. The van der Waals surface area contributed by atoms with Gasteiger partial charge >= 0.3 is 0 Å². The van der Waals surface area contributed by atoms with E-state index < -0.39 is 0 Å². The van der Waals surface area contributed by atoms with E-state index in [1.165, 1.54) is 6.92 Å². The van der Waals surface area contributed by atoms with Crippen LogP contribution in [0.15, 0.2) is 34.2 Å². The van der Waals surface area contributed by atoms with E-state index in [4.69, 9.17) is 0 Å². The van der Waals surface area contributed by atoms with Crippen LogP contribution in [0, 0.1) is 0 Å². The number of thioether (sulfide) groups is 1. The van der Waals surface area contributed by atoms with Crippen LogP contribution in [-0.2, 0) is 17.6 Å². The van der Waals surface area contributed by atoms with Crippen molar-refractivity contribution in [2.24, 2.45) is 0 Å². The van der Waals surface area contributed by atoms with Gasteiger partial charge in [0.2, 0.25) is 5.91 Å². The van der Waals surface area contributed by atoms with Crippen molar-refractivity contribution in [1.82, 2.24) is 9.55 Å². The predicted molar refractivity (Wildman–Crippen MR) is 100.0 cm³/mol.